The van der Waals surface area contributed by atoms with Gasteiger partial charge in [-0.3, -0.25) is 4.79 Å². The number of benzene rings is 1. The van der Waals surface area contributed by atoms with Crippen LogP contribution in [0.4, 0.5) is 0 Å². The second kappa shape index (κ2) is 5.44. The number of aryl methyl sites for hydroxylation is 1. The maximum atomic E-state index is 12.3. The summed E-state index contributed by atoms with van der Waals surface area (Å²) < 4.78 is 2.93. The number of carbonyl (C=O) groups is 1. The zero-order valence-electron chi connectivity index (χ0n) is 10.4. The Morgan fingerprint density at radius 3 is 2.50 bits per heavy atom. The molecule has 0 aliphatic rings. The molecule has 3 heteroatoms. The fourth-order valence-corrected chi connectivity index (χ4v) is 2.11. The molecule has 0 radical (unpaired) electrons. The molecular formula is C15H15BrNO+. The number of rotatable bonds is 3. The van der Waals surface area contributed by atoms with E-state index in [2.05, 4.69) is 15.9 Å². The van der Waals surface area contributed by atoms with Crippen LogP contribution in [-0.2, 0) is 0 Å². The maximum Gasteiger partial charge on any atom is 0.230 e. The van der Waals surface area contributed by atoms with E-state index in [1.165, 1.54) is 0 Å². The average Bonchev–Trinajstić information content (AvgIpc) is 2.38. The maximum absolute atomic E-state index is 12.3. The predicted molar refractivity (Wildman–Crippen MR) is 74.6 cm³/mol. The zero-order valence-corrected chi connectivity index (χ0v) is 12.0. The Balaban J connectivity index is 2.26. The van der Waals surface area contributed by atoms with E-state index in [9.17, 15) is 4.79 Å². The van der Waals surface area contributed by atoms with Gasteiger partial charge in [0.25, 0.3) is 0 Å². The molecule has 0 amide bonds. The first-order valence-electron chi connectivity index (χ1n) is 5.85. The van der Waals surface area contributed by atoms with Gasteiger partial charge in [0, 0.05) is 28.6 Å². The third kappa shape index (κ3) is 2.85. The Labute approximate surface area is 115 Å². The molecule has 0 bridgehead atoms. The van der Waals surface area contributed by atoms with Crippen LogP contribution in [0, 0.1) is 6.92 Å². The van der Waals surface area contributed by atoms with Crippen molar-refractivity contribution >= 4 is 21.7 Å². The standard InChI is InChI=1S/C15H15BrNO/c1-11-4-3-9-17(10-11)12(2)15(18)13-5-7-14(16)8-6-13/h3-10,12H,1-2H3/q+1/t12-/m1/s1. The number of carbonyl (C=O) groups excluding carboxylic acids is 1. The van der Waals surface area contributed by atoms with Gasteiger partial charge in [-0.1, -0.05) is 28.1 Å². The molecule has 0 aliphatic heterocycles. The van der Waals surface area contributed by atoms with Crippen molar-refractivity contribution in [1.29, 1.82) is 0 Å². The van der Waals surface area contributed by atoms with Crippen LogP contribution in [0.25, 0.3) is 0 Å². The third-order valence-corrected chi connectivity index (χ3v) is 3.45. The lowest BCUT2D eigenvalue weighted by Crippen LogP contribution is -2.41. The molecule has 0 spiro atoms. The van der Waals surface area contributed by atoms with E-state index in [1.54, 1.807) is 0 Å². The van der Waals surface area contributed by atoms with Crippen LogP contribution in [-0.4, -0.2) is 5.78 Å². The van der Waals surface area contributed by atoms with Gasteiger partial charge in [-0.05, 0) is 25.1 Å². The van der Waals surface area contributed by atoms with E-state index in [0.29, 0.717) is 0 Å². The topological polar surface area (TPSA) is 20.9 Å². The van der Waals surface area contributed by atoms with Crippen molar-refractivity contribution < 1.29 is 9.36 Å². The van der Waals surface area contributed by atoms with Gasteiger partial charge in [0.2, 0.25) is 11.8 Å². The molecule has 2 nitrogen and oxygen atoms in total. The van der Waals surface area contributed by atoms with Crippen LogP contribution in [0.2, 0.25) is 0 Å². The van der Waals surface area contributed by atoms with Gasteiger partial charge >= 0.3 is 0 Å². The summed E-state index contributed by atoms with van der Waals surface area (Å²) in [5, 5.41) is 0. The van der Waals surface area contributed by atoms with E-state index < -0.39 is 0 Å². The first-order chi connectivity index (χ1) is 8.58. The molecule has 0 saturated heterocycles. The lowest BCUT2D eigenvalue weighted by atomic mass is 10.1. The molecule has 92 valence electrons. The minimum atomic E-state index is -0.189. The molecule has 0 aliphatic carbocycles. The monoisotopic (exact) mass is 304 g/mol. The molecule has 1 aromatic carbocycles. The highest BCUT2D eigenvalue weighted by Gasteiger charge is 2.23. The number of halogens is 1. The number of Topliss-reactive ketones (excluding diaryl/α,β-unsaturated/α-hetero) is 1. The van der Waals surface area contributed by atoms with Crippen molar-refractivity contribution in [2.45, 2.75) is 19.9 Å². The number of nitrogens with zero attached hydrogens (tertiary/aromatic N) is 1. The summed E-state index contributed by atoms with van der Waals surface area (Å²) in [6, 6.07) is 11.3. The third-order valence-electron chi connectivity index (χ3n) is 2.93. The molecular weight excluding hydrogens is 290 g/mol. The Bertz CT molecular complexity index is 563. The molecule has 1 heterocycles. The van der Waals surface area contributed by atoms with Crippen LogP contribution < -0.4 is 4.57 Å². The Kier molecular flexibility index (Phi) is 3.92. The molecule has 18 heavy (non-hydrogen) atoms. The van der Waals surface area contributed by atoms with Gasteiger partial charge in [0.05, 0.1) is 0 Å². The van der Waals surface area contributed by atoms with Crippen LogP contribution in [0.5, 0.6) is 0 Å². The fraction of sp³-hybridized carbons (Fsp3) is 0.200. The number of pyridine rings is 1. The van der Waals surface area contributed by atoms with Crippen LogP contribution in [0.3, 0.4) is 0 Å². The average molecular weight is 305 g/mol. The number of hydrogen-bond donors (Lipinski definition) is 0. The fourth-order valence-electron chi connectivity index (χ4n) is 1.85. The lowest BCUT2D eigenvalue weighted by Gasteiger charge is -2.07. The number of hydrogen-bond acceptors (Lipinski definition) is 1. The van der Waals surface area contributed by atoms with E-state index in [1.807, 2.05) is 67.2 Å². The number of ketones is 1. The largest absolute Gasteiger partial charge is 0.287 e. The second-order valence-corrected chi connectivity index (χ2v) is 5.29. The minimum absolute atomic E-state index is 0.123. The molecule has 2 aromatic rings. The molecule has 0 N–H and O–H groups in total. The highest BCUT2D eigenvalue weighted by Crippen LogP contribution is 2.14. The smallest absolute Gasteiger partial charge is 0.230 e. The summed E-state index contributed by atoms with van der Waals surface area (Å²) in [4.78, 5) is 12.3. The van der Waals surface area contributed by atoms with Crippen molar-refractivity contribution in [3.8, 4) is 0 Å². The highest BCUT2D eigenvalue weighted by atomic mass is 79.9. The van der Waals surface area contributed by atoms with E-state index in [0.717, 1.165) is 15.6 Å². The normalized spacial score (nSPS) is 12.2. The first-order valence-corrected chi connectivity index (χ1v) is 6.64. The van der Waals surface area contributed by atoms with Crippen molar-refractivity contribution in [3.63, 3.8) is 0 Å². The first kappa shape index (κ1) is 13.0. The minimum Gasteiger partial charge on any atom is -0.287 e. The lowest BCUT2D eigenvalue weighted by molar-refractivity contribution is -0.705. The van der Waals surface area contributed by atoms with Gasteiger partial charge in [-0.15, -0.1) is 0 Å². The van der Waals surface area contributed by atoms with Crippen molar-refractivity contribution in [3.05, 3.63) is 64.4 Å². The van der Waals surface area contributed by atoms with Gasteiger partial charge in [-0.2, -0.15) is 4.57 Å². The van der Waals surface area contributed by atoms with E-state index >= 15 is 0 Å². The number of aromatic nitrogens is 1. The van der Waals surface area contributed by atoms with Crippen molar-refractivity contribution in [2.24, 2.45) is 0 Å². The molecule has 2 rings (SSSR count). The Hall–Kier alpha value is -1.48. The van der Waals surface area contributed by atoms with Crippen LogP contribution in [0.1, 0.15) is 28.9 Å². The Morgan fingerprint density at radius 1 is 1.22 bits per heavy atom. The quantitative estimate of drug-likeness (QED) is 0.628. The zero-order chi connectivity index (χ0) is 13.1. The van der Waals surface area contributed by atoms with Gasteiger partial charge < -0.3 is 0 Å². The van der Waals surface area contributed by atoms with Gasteiger partial charge in [0.1, 0.15) is 0 Å². The van der Waals surface area contributed by atoms with E-state index in [-0.39, 0.29) is 11.8 Å². The summed E-state index contributed by atoms with van der Waals surface area (Å²) in [6.45, 7) is 3.94. The molecule has 1 atom stereocenters. The van der Waals surface area contributed by atoms with Crippen LogP contribution >= 0.6 is 15.9 Å². The highest BCUT2D eigenvalue weighted by molar-refractivity contribution is 9.10. The van der Waals surface area contributed by atoms with E-state index in [4.69, 9.17) is 0 Å². The summed E-state index contributed by atoms with van der Waals surface area (Å²) in [5.41, 5.74) is 1.88. The van der Waals surface area contributed by atoms with Crippen molar-refractivity contribution in [2.75, 3.05) is 0 Å². The van der Waals surface area contributed by atoms with Gasteiger partial charge in [0.15, 0.2) is 12.4 Å². The summed E-state index contributed by atoms with van der Waals surface area (Å²) in [5.74, 6) is 0.123. The predicted octanol–water partition coefficient (Wildman–Crippen LogP) is 3.49. The summed E-state index contributed by atoms with van der Waals surface area (Å²) in [7, 11) is 0. The summed E-state index contributed by atoms with van der Waals surface area (Å²) in [6.07, 6.45) is 3.91. The van der Waals surface area contributed by atoms with Crippen molar-refractivity contribution in [1.82, 2.24) is 0 Å². The van der Waals surface area contributed by atoms with Gasteiger partial charge in [-0.25, -0.2) is 0 Å². The molecule has 0 unspecified atom stereocenters. The van der Waals surface area contributed by atoms with Crippen LogP contribution in [0.15, 0.2) is 53.3 Å². The molecule has 0 fully saturated rings. The summed E-state index contributed by atoms with van der Waals surface area (Å²) >= 11 is 3.37. The molecule has 0 saturated carbocycles. The molecule has 1 aromatic heterocycles. The second-order valence-electron chi connectivity index (χ2n) is 4.38. The Morgan fingerprint density at radius 2 is 1.89 bits per heavy atom. The SMILES string of the molecule is Cc1ccc[n+]([C@H](C)C(=O)c2ccc(Br)cc2)c1.